The molecule has 57 heavy (non-hydrogen) atoms. The Morgan fingerprint density at radius 3 is 1.93 bits per heavy atom. The quantitative estimate of drug-likeness (QED) is 0.258. The molecule has 298 valence electrons. The molecule has 2 aliphatic carbocycles. The Bertz CT molecular complexity index is 2230. The predicted octanol–water partition coefficient (Wildman–Crippen LogP) is 10.6. The van der Waals surface area contributed by atoms with E-state index in [-0.39, 0.29) is 25.9 Å². The second-order valence-electron chi connectivity index (χ2n) is 18.8. The Balaban J connectivity index is 0.921. The fourth-order valence-corrected chi connectivity index (χ4v) is 9.81. The van der Waals surface area contributed by atoms with Gasteiger partial charge in [-0.2, -0.15) is 0 Å². The van der Waals surface area contributed by atoms with Crippen molar-refractivity contribution in [3.63, 3.8) is 0 Å². The van der Waals surface area contributed by atoms with Gasteiger partial charge in [-0.05, 0) is 135 Å². The van der Waals surface area contributed by atoms with Crippen molar-refractivity contribution in [3.05, 3.63) is 83.1 Å². The third-order valence-corrected chi connectivity index (χ3v) is 12.5. The highest BCUT2D eigenvalue weighted by Gasteiger charge is 2.44. The number of hydrogen-bond donors (Lipinski definition) is 0. The van der Waals surface area contributed by atoms with Gasteiger partial charge in [0.25, 0.3) is 0 Å². The molecule has 4 aliphatic heterocycles. The zero-order valence-electron chi connectivity index (χ0n) is 33.8. The van der Waals surface area contributed by atoms with Crippen LogP contribution in [0.3, 0.4) is 0 Å². The molecule has 4 heterocycles. The summed E-state index contributed by atoms with van der Waals surface area (Å²) in [7, 11) is 0. The summed E-state index contributed by atoms with van der Waals surface area (Å²) >= 11 is 0. The van der Waals surface area contributed by atoms with Crippen molar-refractivity contribution in [1.29, 1.82) is 0 Å². The highest BCUT2D eigenvalue weighted by molar-refractivity contribution is 6.03. The Hall–Kier alpha value is -4.86. The van der Waals surface area contributed by atoms with Gasteiger partial charge in [-0.15, -0.1) is 0 Å². The summed E-state index contributed by atoms with van der Waals surface area (Å²) in [5.74, 6) is 1.22. The summed E-state index contributed by atoms with van der Waals surface area (Å²) in [6.07, 6.45) is 3.80. The third-order valence-electron chi connectivity index (χ3n) is 12.5. The van der Waals surface area contributed by atoms with Gasteiger partial charge in [0.2, 0.25) is 0 Å². The van der Waals surface area contributed by atoms with E-state index in [9.17, 15) is 18.4 Å². The molecule has 3 fully saturated rings. The molecule has 8 nitrogen and oxygen atoms in total. The van der Waals surface area contributed by atoms with E-state index in [1.807, 2.05) is 47.7 Å². The number of rotatable bonds is 5. The highest BCUT2D eigenvalue weighted by atomic mass is 19.1. The van der Waals surface area contributed by atoms with Crippen LogP contribution in [0.4, 0.5) is 24.1 Å². The van der Waals surface area contributed by atoms with E-state index in [1.54, 1.807) is 0 Å². The molecule has 2 amide bonds. The van der Waals surface area contributed by atoms with Crippen LogP contribution in [-0.2, 0) is 22.3 Å². The van der Waals surface area contributed by atoms with Crippen molar-refractivity contribution in [1.82, 2.24) is 9.80 Å². The number of amides is 2. The summed E-state index contributed by atoms with van der Waals surface area (Å²) < 4.78 is 40.6. The normalized spacial score (nSPS) is 26.4. The lowest BCUT2D eigenvalue weighted by atomic mass is 9.73. The number of fused-ring (bicyclic) bond motifs is 4. The number of likely N-dealkylation sites (tertiary alicyclic amines) is 2. The summed E-state index contributed by atoms with van der Waals surface area (Å²) in [5, 5.41) is 0. The van der Waals surface area contributed by atoms with Gasteiger partial charge in [0.05, 0.1) is 30.9 Å². The molecule has 2 saturated heterocycles. The average molecular weight is 775 g/mol. The second-order valence-corrected chi connectivity index (χ2v) is 18.8. The summed E-state index contributed by atoms with van der Waals surface area (Å²) in [4.78, 5) is 38.6. The standard InChI is InChI=1S/C47H52F2N4O4/c1-46(2,3)56-44(54)52-24-32(48)21-41(52)39-20-31(23-50-39)26-7-9-27(10-8-26)35-15-14-34(37-18-29-11-13-36(29)43(35)37)28-12-16-38-30(17-28)19-40(51-38)42-22-33(49)25-53(42)45(55)57-47(4,5)6/h7-10,12,14-17,23,29,32-33,36,41-42H,11,13,18-22,24-25H2,1-6H3/t29?,32-,33-,36?,41-,42-/m0/s1. The minimum Gasteiger partial charge on any atom is -0.444 e. The van der Waals surface area contributed by atoms with E-state index in [1.165, 1.54) is 56.0 Å². The predicted molar refractivity (Wildman–Crippen MR) is 220 cm³/mol. The lowest BCUT2D eigenvalue weighted by Crippen LogP contribution is -2.43. The van der Waals surface area contributed by atoms with Crippen molar-refractivity contribution >= 4 is 34.9 Å². The number of ether oxygens (including phenoxy) is 2. The van der Waals surface area contributed by atoms with Crippen molar-refractivity contribution in [2.45, 2.75) is 128 Å². The van der Waals surface area contributed by atoms with Crippen LogP contribution in [0.15, 0.2) is 70.8 Å². The molecule has 2 unspecified atom stereocenters. The van der Waals surface area contributed by atoms with Gasteiger partial charge in [0, 0.05) is 43.3 Å². The first-order valence-corrected chi connectivity index (χ1v) is 20.6. The molecule has 0 N–H and O–H groups in total. The van der Waals surface area contributed by atoms with Gasteiger partial charge in [0.1, 0.15) is 23.5 Å². The molecule has 0 radical (unpaired) electrons. The van der Waals surface area contributed by atoms with Crippen molar-refractivity contribution in [3.8, 4) is 22.3 Å². The fraction of sp³-hybridized carbons (Fsp3) is 0.489. The minimum atomic E-state index is -1.11. The highest BCUT2D eigenvalue weighted by Crippen LogP contribution is 2.56. The number of halogens is 2. The number of alkyl halides is 2. The van der Waals surface area contributed by atoms with Crippen LogP contribution in [0.5, 0.6) is 0 Å². The lowest BCUT2D eigenvalue weighted by molar-refractivity contribution is 0.0246. The monoisotopic (exact) mass is 774 g/mol. The first-order chi connectivity index (χ1) is 27.1. The first-order valence-electron chi connectivity index (χ1n) is 20.6. The number of nitrogens with zero attached hydrogens (tertiary/aromatic N) is 4. The van der Waals surface area contributed by atoms with Crippen LogP contribution in [0.25, 0.3) is 27.8 Å². The van der Waals surface area contributed by atoms with Gasteiger partial charge in [-0.1, -0.05) is 42.5 Å². The molecule has 9 rings (SSSR count). The first kappa shape index (κ1) is 37.7. The largest absolute Gasteiger partial charge is 0.444 e. The number of hydrogen-bond acceptors (Lipinski definition) is 6. The minimum absolute atomic E-state index is 0.0219. The van der Waals surface area contributed by atoms with Crippen molar-refractivity contribution in [2.75, 3.05) is 13.1 Å². The average Bonchev–Trinajstić information content (AvgIpc) is 3.96. The molecule has 0 bridgehead atoms. The molecule has 0 aromatic heterocycles. The third kappa shape index (κ3) is 7.18. The molecular weight excluding hydrogens is 723 g/mol. The Kier molecular flexibility index (Phi) is 9.20. The molecule has 6 atom stereocenters. The van der Waals surface area contributed by atoms with Crippen LogP contribution >= 0.6 is 0 Å². The van der Waals surface area contributed by atoms with E-state index in [0.717, 1.165) is 40.2 Å². The van der Waals surface area contributed by atoms with Crippen LogP contribution in [0.1, 0.15) is 102 Å². The molecule has 0 spiro atoms. The number of carbonyl (C=O) groups is 2. The summed E-state index contributed by atoms with van der Waals surface area (Å²) in [6, 6.07) is 18.9. The molecule has 3 aromatic rings. The van der Waals surface area contributed by atoms with E-state index in [2.05, 4.69) is 54.6 Å². The zero-order chi connectivity index (χ0) is 40.0. The topological polar surface area (TPSA) is 83.8 Å². The lowest BCUT2D eigenvalue weighted by Gasteiger charge is -2.31. The van der Waals surface area contributed by atoms with E-state index >= 15 is 0 Å². The second kappa shape index (κ2) is 13.9. The van der Waals surface area contributed by atoms with Gasteiger partial charge >= 0.3 is 12.2 Å². The fourth-order valence-electron chi connectivity index (χ4n) is 9.81. The van der Waals surface area contributed by atoms with E-state index in [0.29, 0.717) is 24.7 Å². The van der Waals surface area contributed by atoms with Crippen LogP contribution in [0.2, 0.25) is 0 Å². The Morgan fingerprint density at radius 1 is 0.719 bits per heavy atom. The number of aliphatic imine (C=N–C) groups is 2. The van der Waals surface area contributed by atoms with E-state index < -0.39 is 47.8 Å². The van der Waals surface area contributed by atoms with Crippen molar-refractivity contribution < 1.29 is 27.8 Å². The maximum absolute atomic E-state index is 14.7. The van der Waals surface area contributed by atoms with Crippen LogP contribution < -0.4 is 0 Å². The van der Waals surface area contributed by atoms with Gasteiger partial charge < -0.3 is 9.47 Å². The summed E-state index contributed by atoms with van der Waals surface area (Å²) in [6.45, 7) is 11.0. The summed E-state index contributed by atoms with van der Waals surface area (Å²) in [5.41, 5.74) is 12.2. The number of carbonyl (C=O) groups excluding carboxylic acids is 2. The Morgan fingerprint density at radius 2 is 1.32 bits per heavy atom. The molecule has 3 aromatic carbocycles. The van der Waals surface area contributed by atoms with Gasteiger partial charge in [0.15, 0.2) is 0 Å². The van der Waals surface area contributed by atoms with Crippen molar-refractivity contribution in [2.24, 2.45) is 15.9 Å². The van der Waals surface area contributed by atoms with E-state index in [4.69, 9.17) is 19.5 Å². The molecule has 10 heteroatoms. The number of allylic oxidation sites excluding steroid dienone is 1. The number of benzene rings is 3. The molecule has 1 saturated carbocycles. The maximum Gasteiger partial charge on any atom is 0.410 e. The van der Waals surface area contributed by atoms with Crippen LogP contribution in [0, 0.1) is 5.92 Å². The van der Waals surface area contributed by atoms with Crippen LogP contribution in [-0.4, -0.2) is 82.1 Å². The van der Waals surface area contributed by atoms with Gasteiger partial charge in [-0.25, -0.2) is 18.4 Å². The SMILES string of the molecule is CC(C)(C)OC(=O)N1C[C@@H](F)C[C@H]1C1=NC=C(c2ccc(-c3ccc(-c4ccc5c(c4)CC([C@@H]4C[C@H](F)CN4C(=O)OC(C)(C)C)=N5)c4c3C3CCC3C4)cc2)C1. The maximum atomic E-state index is 14.7. The molecule has 6 aliphatic rings. The molecular formula is C47H52F2N4O4. The smallest absolute Gasteiger partial charge is 0.410 e. The zero-order valence-corrected chi connectivity index (χ0v) is 33.8. The Labute approximate surface area is 334 Å². The van der Waals surface area contributed by atoms with Gasteiger partial charge in [-0.3, -0.25) is 19.8 Å².